The van der Waals surface area contributed by atoms with Gasteiger partial charge in [-0.1, -0.05) is 50.5 Å². The molecule has 0 atom stereocenters. The molecule has 0 spiro atoms. The van der Waals surface area contributed by atoms with E-state index in [-0.39, 0.29) is 0 Å². The Bertz CT molecular complexity index is 705. The number of benzene rings is 2. The second kappa shape index (κ2) is 5.93. The van der Waals surface area contributed by atoms with Crippen LogP contribution in [0.3, 0.4) is 0 Å². The lowest BCUT2D eigenvalue weighted by Gasteiger charge is -2.08. The zero-order valence-corrected chi connectivity index (χ0v) is 13.4. The molecule has 3 rings (SSSR count). The Kier molecular flexibility index (Phi) is 4.01. The third-order valence-corrected chi connectivity index (χ3v) is 4.41. The predicted molar refractivity (Wildman–Crippen MR) is 93.1 cm³/mol. The van der Waals surface area contributed by atoms with E-state index in [1.807, 2.05) is 0 Å². The third kappa shape index (κ3) is 2.70. The standard InChI is InChI=1S/C20H25N/c1-4-5-6-7-12-21-19-13-15(2)8-10-17(19)18-11-9-16(3)14-20(18)21/h8-11,13-14H,4-7,12H2,1-3H3. The zero-order chi connectivity index (χ0) is 14.8. The molecule has 0 aliphatic rings. The molecule has 1 nitrogen and oxygen atoms in total. The van der Waals surface area contributed by atoms with Crippen molar-refractivity contribution in [2.24, 2.45) is 0 Å². The molecule has 21 heavy (non-hydrogen) atoms. The SMILES string of the molecule is CCCCCCn1c2cc(C)ccc2c2ccc(C)cc21. The van der Waals surface area contributed by atoms with Crippen molar-refractivity contribution < 1.29 is 0 Å². The highest BCUT2D eigenvalue weighted by Gasteiger charge is 2.10. The van der Waals surface area contributed by atoms with Crippen LogP contribution in [0.2, 0.25) is 0 Å². The molecule has 2 aromatic carbocycles. The summed E-state index contributed by atoms with van der Waals surface area (Å²) < 4.78 is 2.53. The van der Waals surface area contributed by atoms with E-state index in [0.29, 0.717) is 0 Å². The number of hydrogen-bond acceptors (Lipinski definition) is 0. The van der Waals surface area contributed by atoms with Crippen molar-refractivity contribution in [1.29, 1.82) is 0 Å². The average molecular weight is 279 g/mol. The van der Waals surface area contributed by atoms with E-state index in [0.717, 1.165) is 6.54 Å². The van der Waals surface area contributed by atoms with Gasteiger partial charge < -0.3 is 4.57 Å². The van der Waals surface area contributed by atoms with Gasteiger partial charge in [0.1, 0.15) is 0 Å². The van der Waals surface area contributed by atoms with Crippen molar-refractivity contribution in [2.75, 3.05) is 0 Å². The van der Waals surface area contributed by atoms with Gasteiger partial charge in [0.05, 0.1) is 0 Å². The smallest absolute Gasteiger partial charge is 0.0494 e. The van der Waals surface area contributed by atoms with Gasteiger partial charge in [-0.2, -0.15) is 0 Å². The number of aromatic nitrogens is 1. The monoisotopic (exact) mass is 279 g/mol. The molecule has 1 aromatic heterocycles. The van der Waals surface area contributed by atoms with Crippen LogP contribution in [-0.4, -0.2) is 4.57 Å². The van der Waals surface area contributed by atoms with Crippen molar-refractivity contribution >= 4 is 21.8 Å². The summed E-state index contributed by atoms with van der Waals surface area (Å²) in [5.41, 5.74) is 5.48. The highest BCUT2D eigenvalue weighted by Crippen LogP contribution is 2.30. The molecule has 0 saturated heterocycles. The summed E-state index contributed by atoms with van der Waals surface area (Å²) in [4.78, 5) is 0. The van der Waals surface area contributed by atoms with Crippen molar-refractivity contribution in [3.63, 3.8) is 0 Å². The molecule has 1 heterocycles. The fourth-order valence-electron chi connectivity index (χ4n) is 3.25. The van der Waals surface area contributed by atoms with E-state index in [9.17, 15) is 0 Å². The van der Waals surface area contributed by atoms with Crippen LogP contribution in [0, 0.1) is 13.8 Å². The number of aryl methyl sites for hydroxylation is 3. The number of unbranched alkanes of at least 4 members (excludes halogenated alkanes) is 3. The van der Waals surface area contributed by atoms with Gasteiger partial charge in [-0.25, -0.2) is 0 Å². The third-order valence-electron chi connectivity index (χ3n) is 4.41. The fourth-order valence-corrected chi connectivity index (χ4v) is 3.25. The molecule has 1 heteroatoms. The van der Waals surface area contributed by atoms with Gasteiger partial charge in [0, 0.05) is 28.4 Å². The molecule has 0 aliphatic carbocycles. The van der Waals surface area contributed by atoms with Crippen LogP contribution < -0.4 is 0 Å². The highest BCUT2D eigenvalue weighted by molar-refractivity contribution is 6.08. The van der Waals surface area contributed by atoms with Gasteiger partial charge in [-0.15, -0.1) is 0 Å². The van der Waals surface area contributed by atoms with E-state index < -0.39 is 0 Å². The Morgan fingerprint density at radius 2 is 1.33 bits per heavy atom. The van der Waals surface area contributed by atoms with E-state index in [4.69, 9.17) is 0 Å². The molecule has 0 unspecified atom stereocenters. The number of hydrogen-bond donors (Lipinski definition) is 0. The van der Waals surface area contributed by atoms with E-state index in [1.165, 1.54) is 58.6 Å². The zero-order valence-electron chi connectivity index (χ0n) is 13.4. The van der Waals surface area contributed by atoms with E-state index in [1.54, 1.807) is 0 Å². The van der Waals surface area contributed by atoms with Crippen LogP contribution >= 0.6 is 0 Å². The van der Waals surface area contributed by atoms with Crippen LogP contribution in [0.1, 0.15) is 43.7 Å². The van der Waals surface area contributed by atoms with Gasteiger partial charge in [-0.3, -0.25) is 0 Å². The molecule has 0 amide bonds. The lowest BCUT2D eigenvalue weighted by atomic mass is 10.1. The Morgan fingerprint density at radius 1 is 0.762 bits per heavy atom. The van der Waals surface area contributed by atoms with Crippen LogP contribution in [0.4, 0.5) is 0 Å². The lowest BCUT2D eigenvalue weighted by Crippen LogP contribution is -1.98. The van der Waals surface area contributed by atoms with Crippen LogP contribution in [0.5, 0.6) is 0 Å². The lowest BCUT2D eigenvalue weighted by molar-refractivity contribution is 0.602. The fraction of sp³-hybridized carbons (Fsp3) is 0.400. The average Bonchev–Trinajstić information content (AvgIpc) is 2.76. The molecule has 0 saturated carbocycles. The van der Waals surface area contributed by atoms with E-state index in [2.05, 4.69) is 61.7 Å². The summed E-state index contributed by atoms with van der Waals surface area (Å²) in [5.74, 6) is 0. The minimum absolute atomic E-state index is 1.13. The molecule has 0 N–H and O–H groups in total. The second-order valence-electron chi connectivity index (χ2n) is 6.25. The summed E-state index contributed by atoms with van der Waals surface area (Å²) in [5, 5.41) is 2.79. The topological polar surface area (TPSA) is 4.93 Å². The van der Waals surface area contributed by atoms with Crippen LogP contribution in [0.15, 0.2) is 36.4 Å². The maximum Gasteiger partial charge on any atom is 0.0494 e. The Hall–Kier alpha value is -1.76. The van der Waals surface area contributed by atoms with Crippen LogP contribution in [-0.2, 0) is 6.54 Å². The van der Waals surface area contributed by atoms with Crippen LogP contribution in [0.25, 0.3) is 21.8 Å². The largest absolute Gasteiger partial charge is 0.340 e. The van der Waals surface area contributed by atoms with Crippen molar-refractivity contribution in [1.82, 2.24) is 4.57 Å². The Morgan fingerprint density at radius 3 is 1.86 bits per heavy atom. The van der Waals surface area contributed by atoms with Gasteiger partial charge in [0.15, 0.2) is 0 Å². The number of fused-ring (bicyclic) bond motifs is 3. The normalized spacial score (nSPS) is 11.6. The highest BCUT2D eigenvalue weighted by atomic mass is 15.0. The molecule has 0 fully saturated rings. The van der Waals surface area contributed by atoms with Crippen molar-refractivity contribution in [2.45, 2.75) is 53.0 Å². The molecular weight excluding hydrogens is 254 g/mol. The minimum Gasteiger partial charge on any atom is -0.340 e. The molecule has 0 radical (unpaired) electrons. The molecule has 0 aliphatic heterocycles. The molecular formula is C20H25N. The summed E-state index contributed by atoms with van der Waals surface area (Å²) in [6.07, 6.45) is 5.24. The first kappa shape index (κ1) is 14.2. The first-order valence-electron chi connectivity index (χ1n) is 8.20. The van der Waals surface area contributed by atoms with Crippen molar-refractivity contribution in [3.8, 4) is 0 Å². The summed E-state index contributed by atoms with van der Waals surface area (Å²) in [6.45, 7) is 7.77. The van der Waals surface area contributed by atoms with Gasteiger partial charge >= 0.3 is 0 Å². The molecule has 3 aromatic rings. The first-order valence-corrected chi connectivity index (χ1v) is 8.20. The summed E-state index contributed by atoms with van der Waals surface area (Å²) in [6, 6.07) is 13.7. The van der Waals surface area contributed by atoms with Gasteiger partial charge in [0.25, 0.3) is 0 Å². The molecule has 110 valence electrons. The maximum atomic E-state index is 2.53. The Balaban J connectivity index is 2.12. The Labute approximate surface area is 127 Å². The molecule has 0 bridgehead atoms. The quantitative estimate of drug-likeness (QED) is 0.505. The number of nitrogens with zero attached hydrogens (tertiary/aromatic N) is 1. The van der Waals surface area contributed by atoms with Gasteiger partial charge in [-0.05, 0) is 43.5 Å². The predicted octanol–water partition coefficient (Wildman–Crippen LogP) is 5.99. The van der Waals surface area contributed by atoms with E-state index >= 15 is 0 Å². The van der Waals surface area contributed by atoms with Gasteiger partial charge in [0.2, 0.25) is 0 Å². The minimum atomic E-state index is 1.13. The first-order chi connectivity index (χ1) is 10.2. The second-order valence-corrected chi connectivity index (χ2v) is 6.25. The van der Waals surface area contributed by atoms with Crippen molar-refractivity contribution in [3.05, 3.63) is 47.5 Å². The summed E-state index contributed by atoms with van der Waals surface area (Å²) >= 11 is 0. The number of rotatable bonds is 5. The maximum absolute atomic E-state index is 2.53. The summed E-state index contributed by atoms with van der Waals surface area (Å²) in [7, 11) is 0.